The van der Waals surface area contributed by atoms with Crippen molar-refractivity contribution in [3.63, 3.8) is 0 Å². The van der Waals surface area contributed by atoms with Crippen molar-refractivity contribution in [2.24, 2.45) is 0 Å². The molecule has 21 heavy (non-hydrogen) atoms. The van der Waals surface area contributed by atoms with Crippen molar-refractivity contribution in [1.82, 2.24) is 4.31 Å². The van der Waals surface area contributed by atoms with Gasteiger partial charge < -0.3 is 10.0 Å². The molecule has 0 bridgehead atoms. The topological polar surface area (TPSA) is 77.9 Å². The summed E-state index contributed by atoms with van der Waals surface area (Å²) in [6, 6.07) is 4.84. The van der Waals surface area contributed by atoms with Crippen molar-refractivity contribution < 1.29 is 18.3 Å². The van der Waals surface area contributed by atoms with Crippen molar-refractivity contribution in [3.8, 4) is 0 Å². The smallest absolute Gasteiger partial charge is 0.243 e. The van der Waals surface area contributed by atoms with Gasteiger partial charge in [-0.15, -0.1) is 0 Å². The first-order valence-corrected chi connectivity index (χ1v) is 8.38. The molecule has 1 aromatic carbocycles. The van der Waals surface area contributed by atoms with Crippen LogP contribution in [0.5, 0.6) is 0 Å². The zero-order chi connectivity index (χ0) is 15.6. The third-order valence-corrected chi connectivity index (χ3v) is 5.64. The molecule has 0 aliphatic carbocycles. The molecule has 6 nitrogen and oxygen atoms in total. The Morgan fingerprint density at radius 2 is 2.14 bits per heavy atom. The molecule has 116 valence electrons. The molecule has 0 atom stereocenters. The lowest BCUT2D eigenvalue weighted by molar-refractivity contribution is -0.116. The van der Waals surface area contributed by atoms with E-state index in [2.05, 4.69) is 0 Å². The second-order valence-electron chi connectivity index (χ2n) is 4.93. The Balaban J connectivity index is 2.37. The number of rotatable bonds is 5. The van der Waals surface area contributed by atoms with E-state index in [-0.39, 0.29) is 24.0 Å². The number of nitrogens with zero attached hydrogens (tertiary/aromatic N) is 2. The van der Waals surface area contributed by atoms with Gasteiger partial charge in [0.1, 0.15) is 0 Å². The summed E-state index contributed by atoms with van der Waals surface area (Å²) in [4.78, 5) is 13.4. The number of fused-ring (bicyclic) bond motifs is 1. The number of aliphatic hydroxyl groups excluding tert-OH is 1. The minimum Gasteiger partial charge on any atom is -0.395 e. The Labute approximate surface area is 125 Å². The van der Waals surface area contributed by atoms with Crippen LogP contribution in [0.25, 0.3) is 0 Å². The first-order valence-electron chi connectivity index (χ1n) is 6.93. The maximum Gasteiger partial charge on any atom is 0.243 e. The van der Waals surface area contributed by atoms with Crippen LogP contribution in [0.4, 0.5) is 5.69 Å². The highest BCUT2D eigenvalue weighted by molar-refractivity contribution is 7.89. The van der Waals surface area contributed by atoms with Gasteiger partial charge in [0.2, 0.25) is 15.9 Å². The van der Waals surface area contributed by atoms with E-state index in [1.807, 2.05) is 0 Å². The molecule has 1 heterocycles. The van der Waals surface area contributed by atoms with E-state index in [1.54, 1.807) is 24.0 Å². The Kier molecular flexibility index (Phi) is 4.65. The number of benzene rings is 1. The molecule has 1 amide bonds. The monoisotopic (exact) mass is 312 g/mol. The number of carbonyl (C=O) groups excluding carboxylic acids is 1. The van der Waals surface area contributed by atoms with Crippen molar-refractivity contribution in [1.29, 1.82) is 0 Å². The third kappa shape index (κ3) is 2.95. The van der Waals surface area contributed by atoms with Gasteiger partial charge in [-0.3, -0.25) is 4.79 Å². The molecule has 2 rings (SSSR count). The van der Waals surface area contributed by atoms with Crippen LogP contribution in [0, 0.1) is 0 Å². The van der Waals surface area contributed by atoms with Crippen LogP contribution >= 0.6 is 0 Å². The van der Waals surface area contributed by atoms with Crippen LogP contribution < -0.4 is 4.90 Å². The van der Waals surface area contributed by atoms with E-state index >= 15 is 0 Å². The van der Waals surface area contributed by atoms with Crippen LogP contribution in [0.1, 0.15) is 19.4 Å². The number of amides is 1. The zero-order valence-corrected chi connectivity index (χ0v) is 13.1. The van der Waals surface area contributed by atoms with Gasteiger partial charge in [-0.1, -0.05) is 6.92 Å². The van der Waals surface area contributed by atoms with Crippen molar-refractivity contribution in [2.75, 3.05) is 31.1 Å². The van der Waals surface area contributed by atoms with Crippen LogP contribution in [0.15, 0.2) is 23.1 Å². The molecule has 0 saturated heterocycles. The summed E-state index contributed by atoms with van der Waals surface area (Å²) >= 11 is 0. The molecule has 0 fully saturated rings. The fourth-order valence-electron chi connectivity index (χ4n) is 2.57. The third-order valence-electron chi connectivity index (χ3n) is 3.67. The molecule has 1 aromatic rings. The zero-order valence-electron chi connectivity index (χ0n) is 12.2. The SMILES string of the molecule is CCN(CCO)S(=O)(=O)c1ccc2c(c1)CCN2C(C)=O. The van der Waals surface area contributed by atoms with Gasteiger partial charge in [0.25, 0.3) is 0 Å². The largest absolute Gasteiger partial charge is 0.395 e. The first kappa shape index (κ1) is 15.9. The van der Waals surface area contributed by atoms with Crippen LogP contribution in [-0.4, -0.2) is 50.0 Å². The Morgan fingerprint density at radius 3 is 2.71 bits per heavy atom. The fraction of sp³-hybridized carbons (Fsp3) is 0.500. The van der Waals surface area contributed by atoms with E-state index < -0.39 is 10.0 Å². The maximum absolute atomic E-state index is 12.5. The molecule has 0 unspecified atom stereocenters. The molecule has 0 radical (unpaired) electrons. The first-order chi connectivity index (χ1) is 9.91. The average molecular weight is 312 g/mol. The molecule has 1 aliphatic rings. The van der Waals surface area contributed by atoms with E-state index in [0.29, 0.717) is 19.5 Å². The highest BCUT2D eigenvalue weighted by Gasteiger charge is 2.27. The summed E-state index contributed by atoms with van der Waals surface area (Å²) in [5.74, 6) is -0.0418. The van der Waals surface area contributed by atoms with Crippen LogP contribution in [0.2, 0.25) is 0 Å². The van der Waals surface area contributed by atoms with Crippen molar-refractivity contribution in [3.05, 3.63) is 23.8 Å². The van der Waals surface area contributed by atoms with E-state index in [0.717, 1.165) is 11.3 Å². The maximum atomic E-state index is 12.5. The number of likely N-dealkylation sites (N-methyl/N-ethyl adjacent to an activating group) is 1. The predicted molar refractivity (Wildman–Crippen MR) is 79.7 cm³/mol. The molecular weight excluding hydrogens is 292 g/mol. The highest BCUT2D eigenvalue weighted by Crippen LogP contribution is 2.31. The summed E-state index contributed by atoms with van der Waals surface area (Å²) in [5, 5.41) is 8.98. The summed E-state index contributed by atoms with van der Waals surface area (Å²) in [5.41, 5.74) is 1.65. The minimum atomic E-state index is -3.60. The summed E-state index contributed by atoms with van der Waals surface area (Å²) in [6.45, 7) is 3.99. The molecular formula is C14H20N2O4S. The van der Waals surface area contributed by atoms with Gasteiger partial charge in [-0.25, -0.2) is 8.42 Å². The lowest BCUT2D eigenvalue weighted by Crippen LogP contribution is -2.33. The summed E-state index contributed by atoms with van der Waals surface area (Å²) < 4.78 is 26.2. The minimum absolute atomic E-state index is 0.0418. The fourth-order valence-corrected chi connectivity index (χ4v) is 4.07. The normalized spacial score (nSPS) is 14.6. The Bertz CT molecular complexity index is 642. The summed E-state index contributed by atoms with van der Waals surface area (Å²) in [6.07, 6.45) is 0.657. The van der Waals surface area contributed by atoms with Gasteiger partial charge in [-0.2, -0.15) is 4.31 Å². The van der Waals surface area contributed by atoms with E-state index in [9.17, 15) is 13.2 Å². The average Bonchev–Trinajstić information content (AvgIpc) is 2.87. The van der Waals surface area contributed by atoms with Gasteiger partial charge >= 0.3 is 0 Å². The standard InChI is InChI=1S/C14H20N2O4S/c1-3-15(8-9-17)21(19,20)13-4-5-14-12(10-13)6-7-16(14)11(2)18/h4-5,10,17H,3,6-9H2,1-2H3. The van der Waals surface area contributed by atoms with Gasteiger partial charge in [0, 0.05) is 32.2 Å². The molecule has 0 aromatic heterocycles. The molecule has 1 N–H and O–H groups in total. The van der Waals surface area contributed by atoms with Crippen molar-refractivity contribution >= 4 is 21.6 Å². The number of carbonyl (C=O) groups is 1. The lowest BCUT2D eigenvalue weighted by Gasteiger charge is -2.20. The lowest BCUT2D eigenvalue weighted by atomic mass is 10.2. The Hall–Kier alpha value is -1.44. The molecule has 0 spiro atoms. The quantitative estimate of drug-likeness (QED) is 0.863. The van der Waals surface area contributed by atoms with Gasteiger partial charge in [0.05, 0.1) is 11.5 Å². The highest BCUT2D eigenvalue weighted by atomic mass is 32.2. The molecule has 7 heteroatoms. The molecule has 1 aliphatic heterocycles. The predicted octanol–water partition coefficient (Wildman–Crippen LogP) is 0.599. The number of hydrogen-bond acceptors (Lipinski definition) is 4. The Morgan fingerprint density at radius 1 is 1.43 bits per heavy atom. The second-order valence-corrected chi connectivity index (χ2v) is 6.87. The van der Waals surface area contributed by atoms with Crippen molar-refractivity contribution in [2.45, 2.75) is 25.2 Å². The second kappa shape index (κ2) is 6.13. The number of anilines is 1. The van der Waals surface area contributed by atoms with Crippen LogP contribution in [-0.2, 0) is 21.2 Å². The number of aliphatic hydroxyl groups is 1. The summed E-state index contributed by atoms with van der Waals surface area (Å²) in [7, 11) is -3.60. The van der Waals surface area contributed by atoms with Gasteiger partial charge in [-0.05, 0) is 30.2 Å². The number of hydrogen-bond donors (Lipinski definition) is 1. The van der Waals surface area contributed by atoms with Crippen LogP contribution in [0.3, 0.4) is 0 Å². The molecule has 0 saturated carbocycles. The number of sulfonamides is 1. The van der Waals surface area contributed by atoms with E-state index in [1.165, 1.54) is 17.3 Å². The van der Waals surface area contributed by atoms with E-state index in [4.69, 9.17) is 5.11 Å². The van der Waals surface area contributed by atoms with Gasteiger partial charge in [0.15, 0.2) is 0 Å².